The summed E-state index contributed by atoms with van der Waals surface area (Å²) in [5.74, 6) is 0.217. The van der Waals surface area contributed by atoms with Crippen molar-refractivity contribution in [1.29, 1.82) is 0 Å². The minimum atomic E-state index is -0.298. The Labute approximate surface area is 126 Å². The number of hydrogen-bond donors (Lipinski definition) is 1. The molecule has 0 radical (unpaired) electrons. The van der Waals surface area contributed by atoms with Crippen LogP contribution in [-0.4, -0.2) is 16.8 Å². The lowest BCUT2D eigenvalue weighted by atomic mass is 10.2. The van der Waals surface area contributed by atoms with E-state index in [0.717, 1.165) is 21.4 Å². The van der Waals surface area contributed by atoms with Crippen molar-refractivity contribution in [3.05, 3.63) is 45.4 Å². The normalized spacial score (nSPS) is 10.8. The summed E-state index contributed by atoms with van der Waals surface area (Å²) < 4.78 is 21.9. The first kappa shape index (κ1) is 15.0. The van der Waals surface area contributed by atoms with E-state index in [1.165, 1.54) is 12.1 Å². The highest BCUT2D eigenvalue weighted by atomic mass is 79.9. The molecule has 0 bridgehead atoms. The number of hydrogen-bond acceptors (Lipinski definition) is 3. The summed E-state index contributed by atoms with van der Waals surface area (Å²) in [5.41, 5.74) is 2.67. The van der Waals surface area contributed by atoms with Crippen molar-refractivity contribution in [2.75, 3.05) is 7.05 Å². The van der Waals surface area contributed by atoms with Crippen LogP contribution >= 0.6 is 15.9 Å². The maximum Gasteiger partial charge on any atom is 0.131 e. The number of aromatic nitrogens is 2. The van der Waals surface area contributed by atoms with Crippen molar-refractivity contribution in [1.82, 2.24) is 15.1 Å². The van der Waals surface area contributed by atoms with E-state index in [4.69, 9.17) is 4.74 Å². The van der Waals surface area contributed by atoms with Gasteiger partial charge in [0, 0.05) is 19.7 Å². The Hall–Kier alpha value is -1.40. The van der Waals surface area contributed by atoms with Gasteiger partial charge in [-0.25, -0.2) is 4.39 Å². The Morgan fingerprint density at radius 2 is 2.15 bits per heavy atom. The van der Waals surface area contributed by atoms with E-state index in [1.807, 2.05) is 27.1 Å². The van der Waals surface area contributed by atoms with Gasteiger partial charge in [-0.15, -0.1) is 0 Å². The summed E-state index contributed by atoms with van der Waals surface area (Å²) in [6.45, 7) is 2.85. The lowest BCUT2D eigenvalue weighted by molar-refractivity contribution is 0.292. The van der Waals surface area contributed by atoms with Crippen molar-refractivity contribution in [3.8, 4) is 5.75 Å². The van der Waals surface area contributed by atoms with Gasteiger partial charge < -0.3 is 10.1 Å². The number of halogens is 2. The van der Waals surface area contributed by atoms with Crippen LogP contribution in [0.25, 0.3) is 0 Å². The van der Waals surface area contributed by atoms with E-state index in [1.54, 1.807) is 4.68 Å². The molecule has 4 nitrogen and oxygen atoms in total. The van der Waals surface area contributed by atoms with Gasteiger partial charge in [-0.2, -0.15) is 5.10 Å². The van der Waals surface area contributed by atoms with Crippen LogP contribution in [-0.2, 0) is 20.2 Å². The van der Waals surface area contributed by atoms with Crippen LogP contribution in [0.3, 0.4) is 0 Å². The van der Waals surface area contributed by atoms with Crippen LogP contribution in [0, 0.1) is 12.7 Å². The second-order valence-corrected chi connectivity index (χ2v) is 5.38. The first-order chi connectivity index (χ1) is 9.51. The zero-order valence-corrected chi connectivity index (χ0v) is 13.3. The third-order valence-electron chi connectivity index (χ3n) is 2.95. The Kier molecular flexibility index (Phi) is 4.77. The van der Waals surface area contributed by atoms with E-state index in [9.17, 15) is 4.39 Å². The first-order valence-corrected chi connectivity index (χ1v) is 7.05. The predicted molar refractivity (Wildman–Crippen MR) is 79.1 cm³/mol. The second kappa shape index (κ2) is 6.37. The number of ether oxygens (including phenoxy) is 1. The van der Waals surface area contributed by atoms with Crippen LogP contribution in [0.15, 0.2) is 22.7 Å². The molecule has 1 N–H and O–H groups in total. The molecule has 0 spiro atoms. The third-order valence-corrected chi connectivity index (χ3v) is 3.98. The average molecular weight is 342 g/mol. The molecule has 0 saturated carbocycles. The first-order valence-electron chi connectivity index (χ1n) is 6.26. The fourth-order valence-corrected chi connectivity index (χ4v) is 2.45. The zero-order valence-electron chi connectivity index (χ0n) is 11.7. The van der Waals surface area contributed by atoms with Gasteiger partial charge in [-0.05, 0) is 47.6 Å². The molecule has 108 valence electrons. The molecule has 0 atom stereocenters. The monoisotopic (exact) mass is 341 g/mol. The number of benzene rings is 1. The molecule has 0 aliphatic heterocycles. The molecule has 6 heteroatoms. The summed E-state index contributed by atoms with van der Waals surface area (Å²) in [7, 11) is 3.68. The number of rotatable bonds is 5. The van der Waals surface area contributed by atoms with E-state index < -0.39 is 0 Å². The highest BCUT2D eigenvalue weighted by Crippen LogP contribution is 2.23. The Balaban J connectivity index is 2.14. The lowest BCUT2D eigenvalue weighted by Gasteiger charge is -2.09. The smallest absolute Gasteiger partial charge is 0.131 e. The molecular formula is C14H17BrFN3O. The van der Waals surface area contributed by atoms with Crippen molar-refractivity contribution < 1.29 is 9.13 Å². The van der Waals surface area contributed by atoms with Gasteiger partial charge in [-0.1, -0.05) is 0 Å². The van der Waals surface area contributed by atoms with Crippen LogP contribution in [0.1, 0.15) is 17.0 Å². The number of nitrogens with one attached hydrogen (secondary N) is 1. The van der Waals surface area contributed by atoms with Crippen LogP contribution in [0.4, 0.5) is 4.39 Å². The van der Waals surface area contributed by atoms with E-state index >= 15 is 0 Å². The summed E-state index contributed by atoms with van der Waals surface area (Å²) in [5, 5.41) is 7.28. The Morgan fingerprint density at radius 1 is 1.40 bits per heavy atom. The quantitative estimate of drug-likeness (QED) is 0.908. The van der Waals surface area contributed by atoms with Crippen molar-refractivity contribution >= 4 is 15.9 Å². The molecule has 1 heterocycles. The van der Waals surface area contributed by atoms with Crippen molar-refractivity contribution in [3.63, 3.8) is 0 Å². The average Bonchev–Trinajstić information content (AvgIpc) is 2.61. The standard InChI is InChI=1S/C14H17BrFN3O/c1-9-14(15)13(19(3)18-9)8-20-12-5-10(7-17-2)4-11(16)6-12/h4-6,17H,7-8H2,1-3H3. The maximum absolute atomic E-state index is 13.5. The molecule has 1 aromatic heterocycles. The SMILES string of the molecule is CNCc1cc(F)cc(OCc2c(Br)c(C)nn2C)c1. The van der Waals surface area contributed by atoms with Gasteiger partial charge in [0.1, 0.15) is 18.2 Å². The summed E-state index contributed by atoms with van der Waals surface area (Å²) in [6, 6.07) is 4.71. The van der Waals surface area contributed by atoms with Crippen LogP contribution in [0.5, 0.6) is 5.75 Å². The topological polar surface area (TPSA) is 39.1 Å². The molecular weight excluding hydrogens is 325 g/mol. The summed E-state index contributed by atoms with van der Waals surface area (Å²) in [4.78, 5) is 0. The molecule has 2 rings (SSSR count). The second-order valence-electron chi connectivity index (χ2n) is 4.58. The Morgan fingerprint density at radius 3 is 2.75 bits per heavy atom. The predicted octanol–water partition coefficient (Wildman–Crippen LogP) is 2.93. The minimum absolute atomic E-state index is 0.298. The molecule has 0 aliphatic rings. The van der Waals surface area contributed by atoms with Crippen molar-refractivity contribution in [2.45, 2.75) is 20.1 Å². The van der Waals surface area contributed by atoms with E-state index in [0.29, 0.717) is 18.9 Å². The summed E-state index contributed by atoms with van der Waals surface area (Å²) in [6.07, 6.45) is 0. The molecule has 0 aliphatic carbocycles. The summed E-state index contributed by atoms with van der Waals surface area (Å²) >= 11 is 3.48. The van der Waals surface area contributed by atoms with Gasteiger partial charge in [0.25, 0.3) is 0 Å². The largest absolute Gasteiger partial charge is 0.487 e. The molecule has 0 amide bonds. The minimum Gasteiger partial charge on any atom is -0.487 e. The van der Waals surface area contributed by atoms with Crippen molar-refractivity contribution in [2.24, 2.45) is 7.05 Å². The van der Waals surface area contributed by atoms with Gasteiger partial charge >= 0.3 is 0 Å². The van der Waals surface area contributed by atoms with Gasteiger partial charge in [-0.3, -0.25) is 4.68 Å². The van der Waals surface area contributed by atoms with Gasteiger partial charge in [0.05, 0.1) is 15.9 Å². The van der Waals surface area contributed by atoms with Crippen LogP contribution < -0.4 is 10.1 Å². The van der Waals surface area contributed by atoms with E-state index in [2.05, 4.69) is 26.3 Å². The zero-order chi connectivity index (χ0) is 14.7. The highest BCUT2D eigenvalue weighted by molar-refractivity contribution is 9.10. The molecule has 2 aromatic rings. The molecule has 0 saturated heterocycles. The third kappa shape index (κ3) is 3.37. The van der Waals surface area contributed by atoms with Gasteiger partial charge in [0.15, 0.2) is 0 Å². The lowest BCUT2D eigenvalue weighted by Crippen LogP contribution is -2.07. The number of aryl methyl sites for hydroxylation is 2. The molecule has 20 heavy (non-hydrogen) atoms. The van der Waals surface area contributed by atoms with E-state index in [-0.39, 0.29) is 5.82 Å². The Bertz CT molecular complexity index is 613. The maximum atomic E-state index is 13.5. The fraction of sp³-hybridized carbons (Fsp3) is 0.357. The number of nitrogens with zero attached hydrogens (tertiary/aromatic N) is 2. The highest BCUT2D eigenvalue weighted by Gasteiger charge is 2.11. The molecule has 1 aromatic carbocycles. The molecule has 0 fully saturated rings. The van der Waals surface area contributed by atoms with Gasteiger partial charge in [0.2, 0.25) is 0 Å². The molecule has 0 unspecified atom stereocenters. The fourth-order valence-electron chi connectivity index (χ4n) is 2.00. The van der Waals surface area contributed by atoms with Crippen LogP contribution in [0.2, 0.25) is 0 Å².